The Morgan fingerprint density at radius 2 is 2.24 bits per heavy atom. The second-order valence-corrected chi connectivity index (χ2v) is 6.04. The normalized spacial score (nSPS) is 19.6. The van der Waals surface area contributed by atoms with Gasteiger partial charge in [-0.25, -0.2) is 0 Å². The van der Waals surface area contributed by atoms with Gasteiger partial charge < -0.3 is 19.9 Å². The van der Waals surface area contributed by atoms with E-state index in [1.807, 2.05) is 11.6 Å². The summed E-state index contributed by atoms with van der Waals surface area (Å²) in [7, 11) is 1.68. The van der Waals surface area contributed by atoms with E-state index in [1.54, 1.807) is 13.3 Å². The van der Waals surface area contributed by atoms with E-state index in [2.05, 4.69) is 21.0 Å². The Morgan fingerprint density at radius 3 is 2.86 bits per heavy atom. The van der Waals surface area contributed by atoms with Gasteiger partial charge in [0, 0.05) is 39.8 Å². The molecule has 6 nitrogen and oxygen atoms in total. The SMILES string of the molecule is CCOC1(C(N)c2c(Br)cnn2CCOC)CCOCC1. The number of methoxy groups -OCH3 is 1. The van der Waals surface area contributed by atoms with Crippen LogP contribution in [0.3, 0.4) is 0 Å². The standard InChI is InChI=1S/C14H24BrN3O3/c1-3-21-14(4-7-20-8-5-14)13(16)12-11(15)10-17-18(12)6-9-19-2/h10,13H,3-9,16H2,1-2H3. The van der Waals surface area contributed by atoms with Crippen molar-refractivity contribution in [2.24, 2.45) is 5.73 Å². The van der Waals surface area contributed by atoms with E-state index in [1.165, 1.54) is 0 Å². The zero-order valence-corrected chi connectivity index (χ0v) is 14.3. The predicted molar refractivity (Wildman–Crippen MR) is 83.1 cm³/mol. The van der Waals surface area contributed by atoms with Gasteiger partial charge in [0.25, 0.3) is 0 Å². The maximum absolute atomic E-state index is 6.60. The molecule has 1 aromatic heterocycles. The molecule has 1 atom stereocenters. The van der Waals surface area contributed by atoms with Crippen molar-refractivity contribution in [3.63, 3.8) is 0 Å². The zero-order chi connectivity index (χ0) is 15.3. The molecule has 7 heteroatoms. The van der Waals surface area contributed by atoms with E-state index in [4.69, 9.17) is 19.9 Å². The lowest BCUT2D eigenvalue weighted by Crippen LogP contribution is -2.49. The number of hydrogen-bond acceptors (Lipinski definition) is 5. The smallest absolute Gasteiger partial charge is 0.0933 e. The molecule has 2 N–H and O–H groups in total. The molecule has 21 heavy (non-hydrogen) atoms. The Bertz CT molecular complexity index is 441. The third kappa shape index (κ3) is 3.65. The van der Waals surface area contributed by atoms with Crippen molar-refractivity contribution in [2.45, 2.75) is 38.0 Å². The molecule has 0 bridgehead atoms. The molecule has 0 amide bonds. The molecule has 1 fully saturated rings. The summed E-state index contributed by atoms with van der Waals surface area (Å²) < 4.78 is 19.5. The summed E-state index contributed by atoms with van der Waals surface area (Å²) in [6, 6.07) is -0.255. The number of aromatic nitrogens is 2. The Hall–Kier alpha value is -0.470. The van der Waals surface area contributed by atoms with Crippen molar-refractivity contribution in [3.8, 4) is 0 Å². The average molecular weight is 362 g/mol. The first-order valence-corrected chi connectivity index (χ1v) is 8.11. The summed E-state index contributed by atoms with van der Waals surface area (Å²) in [5, 5.41) is 4.38. The molecule has 0 aromatic carbocycles. The first-order valence-electron chi connectivity index (χ1n) is 7.32. The average Bonchev–Trinajstić information content (AvgIpc) is 2.86. The highest BCUT2D eigenvalue weighted by molar-refractivity contribution is 9.10. The van der Waals surface area contributed by atoms with Crippen LogP contribution in [-0.4, -0.2) is 48.9 Å². The fraction of sp³-hybridized carbons (Fsp3) is 0.786. The summed E-state index contributed by atoms with van der Waals surface area (Å²) in [4.78, 5) is 0. The van der Waals surface area contributed by atoms with Crippen LogP contribution < -0.4 is 5.73 Å². The highest BCUT2D eigenvalue weighted by atomic mass is 79.9. The van der Waals surface area contributed by atoms with Crippen molar-refractivity contribution < 1.29 is 14.2 Å². The van der Waals surface area contributed by atoms with Crippen molar-refractivity contribution in [3.05, 3.63) is 16.4 Å². The van der Waals surface area contributed by atoms with Gasteiger partial charge in [-0.3, -0.25) is 4.68 Å². The minimum Gasteiger partial charge on any atom is -0.383 e. The lowest BCUT2D eigenvalue weighted by atomic mass is 9.84. The van der Waals surface area contributed by atoms with Gasteiger partial charge in [-0.05, 0) is 22.9 Å². The largest absolute Gasteiger partial charge is 0.383 e. The van der Waals surface area contributed by atoms with Crippen LogP contribution in [0.15, 0.2) is 10.7 Å². The molecular formula is C14H24BrN3O3. The first-order chi connectivity index (χ1) is 10.1. The zero-order valence-electron chi connectivity index (χ0n) is 12.7. The quantitative estimate of drug-likeness (QED) is 0.802. The van der Waals surface area contributed by atoms with E-state index >= 15 is 0 Å². The van der Waals surface area contributed by atoms with Gasteiger partial charge in [-0.1, -0.05) is 0 Å². The molecule has 1 saturated heterocycles. The third-order valence-electron chi connectivity index (χ3n) is 3.97. The van der Waals surface area contributed by atoms with Crippen LogP contribution in [0.4, 0.5) is 0 Å². The minimum absolute atomic E-state index is 0.255. The van der Waals surface area contributed by atoms with Gasteiger partial charge in [-0.15, -0.1) is 0 Å². The van der Waals surface area contributed by atoms with E-state index < -0.39 is 0 Å². The molecular weight excluding hydrogens is 338 g/mol. The maximum atomic E-state index is 6.60. The van der Waals surface area contributed by atoms with Crippen molar-refractivity contribution in [1.82, 2.24) is 9.78 Å². The minimum atomic E-state index is -0.389. The van der Waals surface area contributed by atoms with Crippen LogP contribution in [0.25, 0.3) is 0 Å². The lowest BCUT2D eigenvalue weighted by molar-refractivity contribution is -0.123. The Balaban J connectivity index is 2.27. The summed E-state index contributed by atoms with van der Waals surface area (Å²) in [5.74, 6) is 0. The molecule has 0 radical (unpaired) electrons. The van der Waals surface area contributed by atoms with Crippen molar-refractivity contribution >= 4 is 15.9 Å². The molecule has 2 heterocycles. The number of rotatable bonds is 7. The van der Waals surface area contributed by atoms with Crippen LogP contribution >= 0.6 is 15.9 Å². The van der Waals surface area contributed by atoms with E-state index in [9.17, 15) is 0 Å². The van der Waals surface area contributed by atoms with E-state index in [0.717, 1.165) is 23.0 Å². The molecule has 0 saturated carbocycles. The van der Waals surface area contributed by atoms with E-state index in [0.29, 0.717) is 33.0 Å². The second-order valence-electron chi connectivity index (χ2n) is 5.18. The number of nitrogens with zero attached hydrogens (tertiary/aromatic N) is 2. The van der Waals surface area contributed by atoms with Crippen LogP contribution in [0.2, 0.25) is 0 Å². The van der Waals surface area contributed by atoms with Gasteiger partial charge in [-0.2, -0.15) is 5.10 Å². The molecule has 0 spiro atoms. The maximum Gasteiger partial charge on any atom is 0.0933 e. The van der Waals surface area contributed by atoms with Crippen molar-refractivity contribution in [1.29, 1.82) is 0 Å². The van der Waals surface area contributed by atoms with Crippen LogP contribution in [0.1, 0.15) is 31.5 Å². The Labute approximate surface area is 134 Å². The molecule has 1 aliphatic rings. The Kier molecular flexibility index (Phi) is 6.19. The number of halogens is 1. The summed E-state index contributed by atoms with van der Waals surface area (Å²) in [5.41, 5.74) is 7.17. The molecule has 1 aliphatic heterocycles. The van der Waals surface area contributed by atoms with Crippen LogP contribution in [0.5, 0.6) is 0 Å². The van der Waals surface area contributed by atoms with Gasteiger partial charge in [0.1, 0.15) is 0 Å². The molecule has 120 valence electrons. The van der Waals surface area contributed by atoms with Crippen molar-refractivity contribution in [2.75, 3.05) is 33.5 Å². The fourth-order valence-electron chi connectivity index (χ4n) is 2.84. The predicted octanol–water partition coefficient (Wildman–Crippen LogP) is 1.88. The topological polar surface area (TPSA) is 71.5 Å². The third-order valence-corrected chi connectivity index (χ3v) is 4.58. The first kappa shape index (κ1) is 16.9. The monoisotopic (exact) mass is 361 g/mol. The van der Waals surface area contributed by atoms with Gasteiger partial charge in [0.2, 0.25) is 0 Å². The lowest BCUT2D eigenvalue weighted by Gasteiger charge is -2.41. The van der Waals surface area contributed by atoms with Gasteiger partial charge in [0.15, 0.2) is 0 Å². The number of ether oxygens (including phenoxy) is 3. The summed E-state index contributed by atoms with van der Waals surface area (Å²) in [6.07, 6.45) is 3.37. The molecule has 2 rings (SSSR count). The van der Waals surface area contributed by atoms with Crippen LogP contribution in [-0.2, 0) is 20.8 Å². The molecule has 0 aliphatic carbocycles. The number of hydrogen-bond donors (Lipinski definition) is 1. The molecule has 1 unspecified atom stereocenters. The van der Waals surface area contributed by atoms with Gasteiger partial charge in [0.05, 0.1) is 41.2 Å². The highest BCUT2D eigenvalue weighted by Gasteiger charge is 2.42. The molecule has 1 aromatic rings. The second kappa shape index (κ2) is 7.69. The van der Waals surface area contributed by atoms with Gasteiger partial charge >= 0.3 is 0 Å². The van der Waals surface area contributed by atoms with Crippen LogP contribution in [0, 0.1) is 0 Å². The highest BCUT2D eigenvalue weighted by Crippen LogP contribution is 2.38. The fourth-order valence-corrected chi connectivity index (χ4v) is 3.38. The Morgan fingerprint density at radius 1 is 1.52 bits per heavy atom. The summed E-state index contributed by atoms with van der Waals surface area (Å²) in [6.45, 7) is 5.26. The number of nitrogens with two attached hydrogens (primary N) is 1. The summed E-state index contributed by atoms with van der Waals surface area (Å²) >= 11 is 3.56. The van der Waals surface area contributed by atoms with E-state index in [-0.39, 0.29) is 11.6 Å².